The molecule has 2 aromatic carbocycles. The fraction of sp³-hybridized carbons (Fsp3) is 0.333. The molecule has 0 radical (unpaired) electrons. The summed E-state index contributed by atoms with van der Waals surface area (Å²) in [6.07, 6.45) is -3.38. The molecule has 0 heterocycles. The van der Waals surface area contributed by atoms with Crippen LogP contribution in [0, 0.1) is 5.82 Å². The summed E-state index contributed by atoms with van der Waals surface area (Å²) in [5, 5.41) is 10.4. The highest BCUT2D eigenvalue weighted by Gasteiger charge is 2.77. The SMILES string of the molecule is Nc1cc(F)cc(Oc2ccc3c4c2[C@@H](F)CC[C@@]4(O)C(F)(F)C3(F)F)c1. The Kier molecular flexibility index (Phi) is 3.53. The van der Waals surface area contributed by atoms with Crippen LogP contribution in [-0.2, 0) is 11.5 Å². The fourth-order valence-corrected chi connectivity index (χ4v) is 3.83. The number of anilines is 1. The smallest absolute Gasteiger partial charge is 0.346 e. The summed E-state index contributed by atoms with van der Waals surface area (Å²) in [5.74, 6) is -10.8. The number of rotatable bonds is 2. The van der Waals surface area contributed by atoms with Crippen molar-refractivity contribution >= 4 is 5.69 Å². The lowest BCUT2D eigenvalue weighted by Crippen LogP contribution is -2.50. The van der Waals surface area contributed by atoms with Gasteiger partial charge in [-0.25, -0.2) is 8.78 Å². The van der Waals surface area contributed by atoms with Crippen molar-refractivity contribution in [1.29, 1.82) is 0 Å². The Morgan fingerprint density at radius 3 is 2.48 bits per heavy atom. The maximum absolute atomic E-state index is 14.6. The molecule has 4 rings (SSSR count). The van der Waals surface area contributed by atoms with E-state index >= 15 is 0 Å². The van der Waals surface area contributed by atoms with Gasteiger partial charge in [-0.3, -0.25) is 0 Å². The van der Waals surface area contributed by atoms with Gasteiger partial charge >= 0.3 is 11.8 Å². The van der Waals surface area contributed by atoms with E-state index in [0.29, 0.717) is 6.07 Å². The van der Waals surface area contributed by atoms with Crippen molar-refractivity contribution in [1.82, 2.24) is 0 Å². The Bertz CT molecular complexity index is 927. The first-order valence-corrected chi connectivity index (χ1v) is 8.03. The highest BCUT2D eigenvalue weighted by atomic mass is 19.3. The van der Waals surface area contributed by atoms with Crippen molar-refractivity contribution in [3.63, 3.8) is 0 Å². The van der Waals surface area contributed by atoms with Crippen LogP contribution in [0.3, 0.4) is 0 Å². The van der Waals surface area contributed by atoms with Crippen LogP contribution in [0.1, 0.15) is 35.7 Å². The van der Waals surface area contributed by atoms with Gasteiger partial charge in [-0.2, -0.15) is 17.6 Å². The summed E-state index contributed by atoms with van der Waals surface area (Å²) >= 11 is 0. The minimum atomic E-state index is -4.81. The monoisotopic (exact) mass is 389 g/mol. The summed E-state index contributed by atoms with van der Waals surface area (Å²) in [6, 6.07) is 4.69. The van der Waals surface area contributed by atoms with E-state index < -0.39 is 59.0 Å². The lowest BCUT2D eigenvalue weighted by Gasteiger charge is -2.37. The van der Waals surface area contributed by atoms with Crippen LogP contribution in [0.4, 0.5) is 32.0 Å². The Labute approximate surface area is 149 Å². The zero-order chi connectivity index (χ0) is 19.8. The van der Waals surface area contributed by atoms with Gasteiger partial charge in [0, 0.05) is 34.5 Å². The molecule has 2 atom stereocenters. The molecular weight excluding hydrogens is 376 g/mol. The average molecular weight is 389 g/mol. The number of aliphatic hydroxyl groups is 1. The van der Waals surface area contributed by atoms with Crippen LogP contribution in [0.5, 0.6) is 11.5 Å². The topological polar surface area (TPSA) is 55.5 Å². The van der Waals surface area contributed by atoms with Crippen molar-refractivity contribution in [3.8, 4) is 11.5 Å². The van der Waals surface area contributed by atoms with E-state index in [2.05, 4.69) is 0 Å². The maximum Gasteiger partial charge on any atom is 0.346 e. The first-order valence-electron chi connectivity index (χ1n) is 8.03. The van der Waals surface area contributed by atoms with Crippen molar-refractivity contribution in [2.24, 2.45) is 0 Å². The predicted octanol–water partition coefficient (Wildman–Crippen LogP) is 4.93. The lowest BCUT2D eigenvalue weighted by molar-refractivity contribution is -0.289. The number of benzene rings is 2. The summed E-state index contributed by atoms with van der Waals surface area (Å²) in [6.45, 7) is 0. The minimum absolute atomic E-state index is 0.00817. The second-order valence-corrected chi connectivity index (χ2v) is 6.74. The molecule has 3 nitrogen and oxygen atoms in total. The standard InChI is InChI=1S/C18H13F6NO2/c19-8-5-9(25)7-10(6-8)27-13-2-1-11-15-14(13)12(20)3-4-16(15,26)18(23,24)17(11,21)22/h1-2,5-7,12,26H,3-4,25H2/t12-,16-/m0/s1. The number of alkyl halides is 5. The van der Waals surface area contributed by atoms with Crippen LogP contribution >= 0.6 is 0 Å². The Balaban J connectivity index is 1.92. The maximum atomic E-state index is 14.6. The molecule has 0 saturated carbocycles. The predicted molar refractivity (Wildman–Crippen MR) is 83.1 cm³/mol. The highest BCUT2D eigenvalue weighted by Crippen LogP contribution is 2.66. The third-order valence-electron chi connectivity index (χ3n) is 5.07. The van der Waals surface area contributed by atoms with Gasteiger partial charge in [0.05, 0.1) is 0 Å². The normalized spacial score (nSPS) is 27.3. The summed E-state index contributed by atoms with van der Waals surface area (Å²) < 4.78 is 90.6. The largest absolute Gasteiger partial charge is 0.457 e. The first kappa shape index (κ1) is 18.0. The third-order valence-corrected chi connectivity index (χ3v) is 5.07. The molecule has 0 saturated heterocycles. The van der Waals surface area contributed by atoms with E-state index in [-0.39, 0.29) is 17.2 Å². The van der Waals surface area contributed by atoms with E-state index in [1.54, 1.807) is 0 Å². The Hall–Kier alpha value is -2.42. The van der Waals surface area contributed by atoms with Crippen molar-refractivity contribution in [2.75, 3.05) is 5.73 Å². The molecule has 0 amide bonds. The highest BCUT2D eigenvalue weighted by molar-refractivity contribution is 5.59. The summed E-state index contributed by atoms with van der Waals surface area (Å²) in [7, 11) is 0. The van der Waals surface area contributed by atoms with E-state index in [1.807, 2.05) is 0 Å². The van der Waals surface area contributed by atoms with Gasteiger partial charge in [0.25, 0.3) is 0 Å². The van der Waals surface area contributed by atoms with Crippen LogP contribution in [0.15, 0.2) is 30.3 Å². The van der Waals surface area contributed by atoms with Crippen LogP contribution in [0.25, 0.3) is 0 Å². The third kappa shape index (κ3) is 2.20. The Morgan fingerprint density at radius 1 is 1.11 bits per heavy atom. The second kappa shape index (κ2) is 5.31. The van der Waals surface area contributed by atoms with Crippen molar-refractivity contribution in [3.05, 3.63) is 52.8 Å². The molecule has 27 heavy (non-hydrogen) atoms. The molecule has 0 bridgehead atoms. The quantitative estimate of drug-likeness (QED) is 0.566. The molecule has 0 unspecified atom stereocenters. The van der Waals surface area contributed by atoms with Gasteiger partial charge in [-0.05, 0) is 31.0 Å². The molecule has 3 N–H and O–H groups in total. The lowest BCUT2D eigenvalue weighted by atomic mass is 9.77. The number of nitrogen functional groups attached to an aromatic ring is 1. The molecule has 9 heteroatoms. The number of hydrogen-bond acceptors (Lipinski definition) is 3. The van der Waals surface area contributed by atoms with Crippen LogP contribution < -0.4 is 10.5 Å². The second-order valence-electron chi connectivity index (χ2n) is 6.74. The fourth-order valence-electron chi connectivity index (χ4n) is 3.83. The van der Waals surface area contributed by atoms with E-state index in [0.717, 1.165) is 18.2 Å². The molecule has 0 spiro atoms. The zero-order valence-corrected chi connectivity index (χ0v) is 13.6. The molecule has 0 aliphatic heterocycles. The van der Waals surface area contributed by atoms with Gasteiger partial charge in [-0.1, -0.05) is 0 Å². The summed E-state index contributed by atoms with van der Waals surface area (Å²) in [5.41, 5.74) is -0.318. The van der Waals surface area contributed by atoms with Crippen LogP contribution in [0.2, 0.25) is 0 Å². The number of nitrogens with two attached hydrogens (primary N) is 1. The van der Waals surface area contributed by atoms with Gasteiger partial charge in [0.2, 0.25) is 0 Å². The molecular formula is C18H13F6NO2. The number of halogens is 6. The molecule has 2 aliphatic carbocycles. The zero-order valence-electron chi connectivity index (χ0n) is 13.6. The van der Waals surface area contributed by atoms with Crippen molar-refractivity contribution in [2.45, 2.75) is 36.5 Å². The Morgan fingerprint density at radius 2 is 1.81 bits per heavy atom. The first-order chi connectivity index (χ1) is 12.5. The molecule has 2 aliphatic rings. The minimum Gasteiger partial charge on any atom is -0.457 e. The number of ether oxygens (including phenoxy) is 1. The molecule has 2 aromatic rings. The van der Waals surface area contributed by atoms with Gasteiger partial charge < -0.3 is 15.6 Å². The van der Waals surface area contributed by atoms with Crippen molar-refractivity contribution < 1.29 is 36.2 Å². The van der Waals surface area contributed by atoms with E-state index in [9.17, 15) is 31.4 Å². The van der Waals surface area contributed by atoms with Gasteiger partial charge in [-0.15, -0.1) is 0 Å². The molecule has 0 fully saturated rings. The summed E-state index contributed by atoms with van der Waals surface area (Å²) in [4.78, 5) is 0. The van der Waals surface area contributed by atoms with Gasteiger partial charge in [0.15, 0.2) is 5.60 Å². The van der Waals surface area contributed by atoms with Crippen LogP contribution in [-0.4, -0.2) is 11.0 Å². The average Bonchev–Trinajstić information content (AvgIpc) is 2.67. The number of hydrogen-bond donors (Lipinski definition) is 2. The molecule has 144 valence electrons. The molecule has 0 aromatic heterocycles. The van der Waals surface area contributed by atoms with E-state index in [1.165, 1.54) is 6.07 Å². The van der Waals surface area contributed by atoms with E-state index in [4.69, 9.17) is 10.5 Å². The van der Waals surface area contributed by atoms with Gasteiger partial charge in [0.1, 0.15) is 23.5 Å².